The third-order valence-corrected chi connectivity index (χ3v) is 5.24. The maximum absolute atomic E-state index is 12.8. The first-order chi connectivity index (χ1) is 10.9. The minimum absolute atomic E-state index is 0.136. The first kappa shape index (κ1) is 16.2. The summed E-state index contributed by atoms with van der Waals surface area (Å²) in [4.78, 5) is 30.3. The number of hydrogen-bond donors (Lipinski definition) is 1. The van der Waals surface area contributed by atoms with Crippen molar-refractivity contribution < 1.29 is 4.79 Å². The molecule has 1 saturated carbocycles. The van der Waals surface area contributed by atoms with E-state index in [0.29, 0.717) is 4.96 Å². The summed E-state index contributed by atoms with van der Waals surface area (Å²) in [5.74, 6) is -0.296. The summed E-state index contributed by atoms with van der Waals surface area (Å²) >= 11 is 1.43. The lowest BCUT2D eigenvalue weighted by Gasteiger charge is -2.22. The van der Waals surface area contributed by atoms with Crippen molar-refractivity contribution in [3.05, 3.63) is 33.2 Å². The van der Waals surface area contributed by atoms with Gasteiger partial charge in [0.25, 0.3) is 11.5 Å². The van der Waals surface area contributed by atoms with Gasteiger partial charge < -0.3 is 5.32 Å². The third kappa shape index (κ3) is 3.17. The zero-order valence-corrected chi connectivity index (χ0v) is 14.7. The van der Waals surface area contributed by atoms with Crippen LogP contribution in [0.3, 0.4) is 0 Å². The van der Waals surface area contributed by atoms with Gasteiger partial charge in [-0.2, -0.15) is 0 Å². The van der Waals surface area contributed by atoms with E-state index >= 15 is 0 Å². The Bertz CT molecular complexity index is 779. The average molecular weight is 333 g/mol. The summed E-state index contributed by atoms with van der Waals surface area (Å²) in [5, 5.41) is 4.95. The van der Waals surface area contributed by atoms with Gasteiger partial charge in [0.15, 0.2) is 4.96 Å². The molecule has 2 heterocycles. The molecule has 0 bridgehead atoms. The number of hydrogen-bond acceptors (Lipinski definition) is 4. The predicted molar refractivity (Wildman–Crippen MR) is 92.4 cm³/mol. The fourth-order valence-corrected chi connectivity index (χ4v) is 4.15. The van der Waals surface area contributed by atoms with Crippen molar-refractivity contribution >= 4 is 22.2 Å². The molecule has 6 heteroatoms. The van der Waals surface area contributed by atoms with Crippen LogP contribution in [0.1, 0.15) is 68.9 Å². The molecule has 2 aromatic heterocycles. The molecule has 5 nitrogen and oxygen atoms in total. The molecule has 0 aliphatic heterocycles. The van der Waals surface area contributed by atoms with E-state index in [-0.39, 0.29) is 28.5 Å². The van der Waals surface area contributed by atoms with E-state index in [9.17, 15) is 9.59 Å². The summed E-state index contributed by atoms with van der Waals surface area (Å²) in [6.07, 6.45) is 6.91. The number of carbonyl (C=O) groups excluding carboxylic acids is 1. The Hall–Kier alpha value is -1.69. The van der Waals surface area contributed by atoms with E-state index in [0.717, 1.165) is 31.4 Å². The lowest BCUT2D eigenvalue weighted by Crippen LogP contribution is -2.39. The molecule has 0 spiro atoms. The maximum atomic E-state index is 12.8. The first-order valence-electron chi connectivity index (χ1n) is 8.18. The van der Waals surface area contributed by atoms with Gasteiger partial charge in [-0.1, -0.05) is 40.0 Å². The molecule has 2 aromatic rings. The highest BCUT2D eigenvalue weighted by Gasteiger charge is 2.24. The summed E-state index contributed by atoms with van der Waals surface area (Å²) in [7, 11) is 0. The van der Waals surface area contributed by atoms with Crippen LogP contribution >= 0.6 is 11.3 Å². The fraction of sp³-hybridized carbons (Fsp3) is 0.588. The summed E-state index contributed by atoms with van der Waals surface area (Å²) in [6.45, 7) is 6.15. The minimum Gasteiger partial charge on any atom is -0.349 e. The van der Waals surface area contributed by atoms with Gasteiger partial charge in [0.2, 0.25) is 0 Å². The molecule has 3 rings (SSSR count). The van der Waals surface area contributed by atoms with Crippen LogP contribution in [0.4, 0.5) is 0 Å². The van der Waals surface area contributed by atoms with Crippen LogP contribution in [-0.2, 0) is 5.41 Å². The highest BCUT2D eigenvalue weighted by atomic mass is 32.1. The highest BCUT2D eigenvalue weighted by Crippen LogP contribution is 2.25. The third-order valence-electron chi connectivity index (χ3n) is 4.40. The van der Waals surface area contributed by atoms with Crippen molar-refractivity contribution in [3.8, 4) is 0 Å². The van der Waals surface area contributed by atoms with Crippen LogP contribution in [0, 0.1) is 0 Å². The first-order valence-corrected chi connectivity index (χ1v) is 9.06. The van der Waals surface area contributed by atoms with Crippen molar-refractivity contribution in [1.82, 2.24) is 14.7 Å². The Morgan fingerprint density at radius 2 is 2.00 bits per heavy atom. The number of thiazole rings is 1. The second kappa shape index (κ2) is 6.07. The second-order valence-electron chi connectivity index (χ2n) is 7.27. The van der Waals surface area contributed by atoms with E-state index < -0.39 is 0 Å². The SMILES string of the molecule is CC(C)(C)c1csc2ncc(C(=O)NC3CCCCC3)c(=O)n12. The molecular formula is C17H23N3O2S. The van der Waals surface area contributed by atoms with Crippen LogP contribution in [0.25, 0.3) is 4.96 Å². The van der Waals surface area contributed by atoms with Gasteiger partial charge in [-0.15, -0.1) is 11.3 Å². The summed E-state index contributed by atoms with van der Waals surface area (Å²) in [5.41, 5.74) is 0.580. The zero-order chi connectivity index (χ0) is 16.6. The predicted octanol–water partition coefficient (Wildman–Crippen LogP) is 3.12. The van der Waals surface area contributed by atoms with Crippen LogP contribution in [0.2, 0.25) is 0 Å². The molecule has 1 aliphatic carbocycles. The Labute approximate surface area is 139 Å². The average Bonchev–Trinajstić information content (AvgIpc) is 2.93. The molecule has 124 valence electrons. The highest BCUT2D eigenvalue weighted by molar-refractivity contribution is 7.15. The molecule has 0 saturated heterocycles. The topological polar surface area (TPSA) is 63.5 Å². The van der Waals surface area contributed by atoms with Crippen LogP contribution in [0.15, 0.2) is 16.4 Å². The van der Waals surface area contributed by atoms with Crippen LogP contribution in [-0.4, -0.2) is 21.3 Å². The normalized spacial score (nSPS) is 16.7. The van der Waals surface area contributed by atoms with Gasteiger partial charge in [0.1, 0.15) is 5.56 Å². The number of fused-ring (bicyclic) bond motifs is 1. The van der Waals surface area contributed by atoms with Gasteiger partial charge >= 0.3 is 0 Å². The van der Waals surface area contributed by atoms with Gasteiger partial charge in [-0.3, -0.25) is 14.0 Å². The Kier molecular flexibility index (Phi) is 4.27. The van der Waals surface area contributed by atoms with Gasteiger partial charge in [0, 0.05) is 28.7 Å². The van der Waals surface area contributed by atoms with E-state index in [1.807, 2.05) is 5.38 Å². The molecule has 1 fully saturated rings. The number of nitrogens with one attached hydrogen (secondary N) is 1. The largest absolute Gasteiger partial charge is 0.349 e. The summed E-state index contributed by atoms with van der Waals surface area (Å²) in [6, 6.07) is 0.181. The van der Waals surface area contributed by atoms with E-state index in [2.05, 4.69) is 31.1 Å². The smallest absolute Gasteiger partial charge is 0.271 e. The van der Waals surface area contributed by atoms with Gasteiger partial charge in [0.05, 0.1) is 0 Å². The Morgan fingerprint density at radius 3 is 2.65 bits per heavy atom. The van der Waals surface area contributed by atoms with E-state index in [1.165, 1.54) is 24.0 Å². The maximum Gasteiger partial charge on any atom is 0.271 e. The Balaban J connectivity index is 1.96. The molecule has 0 radical (unpaired) electrons. The number of amides is 1. The molecule has 23 heavy (non-hydrogen) atoms. The van der Waals surface area contributed by atoms with Crippen molar-refractivity contribution in [3.63, 3.8) is 0 Å². The number of aromatic nitrogens is 2. The lowest BCUT2D eigenvalue weighted by atomic mass is 9.93. The quantitative estimate of drug-likeness (QED) is 0.918. The minimum atomic E-state index is -0.296. The monoisotopic (exact) mass is 333 g/mol. The zero-order valence-electron chi connectivity index (χ0n) is 13.9. The number of nitrogens with zero attached hydrogens (tertiary/aromatic N) is 2. The molecular weight excluding hydrogens is 310 g/mol. The molecule has 1 aliphatic rings. The van der Waals surface area contributed by atoms with Crippen LogP contribution in [0.5, 0.6) is 0 Å². The molecule has 1 amide bonds. The Morgan fingerprint density at radius 1 is 1.30 bits per heavy atom. The van der Waals surface area contributed by atoms with Crippen molar-refractivity contribution in [2.45, 2.75) is 64.3 Å². The molecule has 1 N–H and O–H groups in total. The summed E-state index contributed by atoms with van der Waals surface area (Å²) < 4.78 is 1.58. The van der Waals surface area contributed by atoms with Gasteiger partial charge in [-0.05, 0) is 12.8 Å². The second-order valence-corrected chi connectivity index (χ2v) is 8.11. The fourth-order valence-electron chi connectivity index (χ4n) is 3.07. The van der Waals surface area contributed by atoms with E-state index in [4.69, 9.17) is 0 Å². The molecule has 0 atom stereocenters. The molecule has 0 aromatic carbocycles. The standard InChI is InChI=1S/C17H23N3O2S/c1-17(2,3)13-10-23-16-18-9-12(15(22)20(13)16)14(21)19-11-7-5-4-6-8-11/h9-11H,4-8H2,1-3H3,(H,19,21). The number of rotatable bonds is 2. The van der Waals surface area contributed by atoms with Gasteiger partial charge in [-0.25, -0.2) is 4.98 Å². The lowest BCUT2D eigenvalue weighted by molar-refractivity contribution is 0.0925. The molecule has 0 unspecified atom stereocenters. The van der Waals surface area contributed by atoms with Crippen molar-refractivity contribution in [2.24, 2.45) is 0 Å². The number of carbonyl (C=O) groups is 1. The van der Waals surface area contributed by atoms with Crippen molar-refractivity contribution in [1.29, 1.82) is 0 Å². The van der Waals surface area contributed by atoms with Crippen molar-refractivity contribution in [2.75, 3.05) is 0 Å². The van der Waals surface area contributed by atoms with Crippen LogP contribution < -0.4 is 10.9 Å². The van der Waals surface area contributed by atoms with E-state index in [1.54, 1.807) is 4.40 Å².